The molecule has 0 aliphatic heterocycles. The smallest absolute Gasteiger partial charge is 0.326 e. The van der Waals surface area contributed by atoms with Crippen molar-refractivity contribution in [3.05, 3.63) is 20.8 Å². The molecule has 0 spiro atoms. The zero-order valence-electron chi connectivity index (χ0n) is 11.2. The van der Waals surface area contributed by atoms with Crippen LogP contribution < -0.4 is 10.6 Å². The van der Waals surface area contributed by atoms with Gasteiger partial charge in [-0.05, 0) is 28.4 Å². The van der Waals surface area contributed by atoms with Crippen LogP contribution in [0.25, 0.3) is 0 Å². The number of carboxylic acid groups (broad SMARTS) is 1. The fraction of sp³-hybridized carbons (Fsp3) is 0.417. The van der Waals surface area contributed by atoms with Crippen LogP contribution in [0.4, 0.5) is 4.79 Å². The molecule has 0 aliphatic carbocycles. The molecule has 1 aromatic heterocycles. The van der Waals surface area contributed by atoms with Crippen LogP contribution in [-0.4, -0.2) is 36.2 Å². The Morgan fingerprint density at radius 1 is 1.48 bits per heavy atom. The van der Waals surface area contributed by atoms with E-state index in [2.05, 4.69) is 31.3 Å². The van der Waals surface area contributed by atoms with Crippen LogP contribution in [-0.2, 0) is 20.9 Å². The number of halogens is 1. The fourth-order valence-corrected chi connectivity index (χ4v) is 2.84. The van der Waals surface area contributed by atoms with Crippen molar-refractivity contribution in [3.63, 3.8) is 0 Å². The maximum atomic E-state index is 11.6. The lowest BCUT2D eigenvalue weighted by Gasteiger charge is -2.14. The molecule has 7 nitrogen and oxygen atoms in total. The highest BCUT2D eigenvalue weighted by atomic mass is 79.9. The van der Waals surface area contributed by atoms with Gasteiger partial charge in [-0.15, -0.1) is 11.3 Å². The Labute approximate surface area is 133 Å². The molecule has 0 radical (unpaired) electrons. The maximum absolute atomic E-state index is 11.6. The Morgan fingerprint density at radius 3 is 2.71 bits per heavy atom. The fourth-order valence-electron chi connectivity index (χ4n) is 1.44. The normalized spacial score (nSPS) is 11.5. The summed E-state index contributed by atoms with van der Waals surface area (Å²) in [6, 6.07) is 0.118. The largest absolute Gasteiger partial charge is 0.480 e. The number of methoxy groups -OCH3 is 1. The van der Waals surface area contributed by atoms with E-state index in [1.54, 1.807) is 0 Å². The van der Waals surface area contributed by atoms with Crippen molar-refractivity contribution in [2.75, 3.05) is 7.11 Å². The molecule has 0 aliphatic rings. The first-order valence-electron chi connectivity index (χ1n) is 5.99. The molecule has 0 saturated carbocycles. The molecule has 0 aromatic carbocycles. The molecule has 0 bridgehead atoms. The molecule has 9 heteroatoms. The predicted octanol–water partition coefficient (Wildman–Crippen LogP) is 1.72. The molecule has 2 amide bonds. The van der Waals surface area contributed by atoms with Crippen molar-refractivity contribution >= 4 is 45.2 Å². The lowest BCUT2D eigenvalue weighted by atomic mass is 10.1. The molecule has 1 aromatic rings. The molecule has 0 fully saturated rings. The number of rotatable bonds is 7. The second-order valence-corrected chi connectivity index (χ2v) is 5.98. The minimum absolute atomic E-state index is 0.0278. The van der Waals surface area contributed by atoms with E-state index < -0.39 is 24.0 Å². The van der Waals surface area contributed by atoms with E-state index in [1.807, 2.05) is 11.4 Å². The van der Waals surface area contributed by atoms with E-state index in [0.29, 0.717) is 6.54 Å². The van der Waals surface area contributed by atoms with Gasteiger partial charge in [0.2, 0.25) is 0 Å². The number of aliphatic carboxylic acids is 1. The Kier molecular flexibility index (Phi) is 7.17. The van der Waals surface area contributed by atoms with Gasteiger partial charge in [-0.2, -0.15) is 0 Å². The number of carbonyl (C=O) groups is 3. The zero-order chi connectivity index (χ0) is 15.8. The first-order chi connectivity index (χ1) is 9.92. The number of carbonyl (C=O) groups excluding carboxylic acids is 2. The van der Waals surface area contributed by atoms with Crippen LogP contribution in [0.5, 0.6) is 0 Å². The van der Waals surface area contributed by atoms with Gasteiger partial charge >= 0.3 is 18.0 Å². The summed E-state index contributed by atoms with van der Waals surface area (Å²) in [7, 11) is 1.22. The van der Waals surface area contributed by atoms with Crippen molar-refractivity contribution in [2.24, 2.45) is 0 Å². The summed E-state index contributed by atoms with van der Waals surface area (Å²) in [4.78, 5) is 34.6. The number of thiophene rings is 1. The number of esters is 1. The Balaban J connectivity index is 2.41. The van der Waals surface area contributed by atoms with Gasteiger partial charge in [0, 0.05) is 21.2 Å². The van der Waals surface area contributed by atoms with Crippen LogP contribution >= 0.6 is 27.3 Å². The van der Waals surface area contributed by atoms with E-state index in [4.69, 9.17) is 5.11 Å². The van der Waals surface area contributed by atoms with Gasteiger partial charge in [0.05, 0.1) is 13.7 Å². The van der Waals surface area contributed by atoms with E-state index in [0.717, 1.165) is 9.35 Å². The third kappa shape index (κ3) is 6.58. The van der Waals surface area contributed by atoms with Crippen LogP contribution in [0.2, 0.25) is 0 Å². The van der Waals surface area contributed by atoms with E-state index >= 15 is 0 Å². The van der Waals surface area contributed by atoms with Gasteiger partial charge in [-0.1, -0.05) is 0 Å². The first-order valence-corrected chi connectivity index (χ1v) is 7.66. The number of hydrogen-bond donors (Lipinski definition) is 3. The second-order valence-electron chi connectivity index (χ2n) is 4.06. The van der Waals surface area contributed by atoms with Crippen molar-refractivity contribution in [1.29, 1.82) is 0 Å². The lowest BCUT2D eigenvalue weighted by Crippen LogP contribution is -2.45. The Hall–Kier alpha value is -1.61. The summed E-state index contributed by atoms with van der Waals surface area (Å²) < 4.78 is 5.35. The van der Waals surface area contributed by atoms with Gasteiger partial charge in [-0.3, -0.25) is 4.79 Å². The van der Waals surface area contributed by atoms with Crippen LogP contribution in [0, 0.1) is 0 Å². The Morgan fingerprint density at radius 2 is 2.19 bits per heavy atom. The summed E-state index contributed by atoms with van der Waals surface area (Å²) in [6.07, 6.45) is -0.106. The van der Waals surface area contributed by atoms with Gasteiger partial charge in [0.1, 0.15) is 6.04 Å². The number of amides is 2. The number of urea groups is 1. The average molecular weight is 379 g/mol. The summed E-state index contributed by atoms with van der Waals surface area (Å²) in [5.41, 5.74) is 0. The van der Waals surface area contributed by atoms with Crippen LogP contribution in [0.3, 0.4) is 0 Å². The van der Waals surface area contributed by atoms with Crippen molar-refractivity contribution in [1.82, 2.24) is 10.6 Å². The standard InChI is InChI=1S/C12H15BrN2O5S/c1-20-10(16)3-2-9(11(17)18)15-12(19)14-5-8-4-7(13)6-21-8/h4,6,9H,2-3,5H2,1H3,(H,17,18)(H2,14,15,19)/t9-/m1/s1. The zero-order valence-corrected chi connectivity index (χ0v) is 13.6. The molecular weight excluding hydrogens is 364 g/mol. The summed E-state index contributed by atoms with van der Waals surface area (Å²) >= 11 is 4.77. The maximum Gasteiger partial charge on any atom is 0.326 e. The monoisotopic (exact) mass is 378 g/mol. The van der Waals surface area contributed by atoms with Gasteiger partial charge in [-0.25, -0.2) is 9.59 Å². The lowest BCUT2D eigenvalue weighted by molar-refractivity contribution is -0.142. The SMILES string of the molecule is COC(=O)CC[C@@H](NC(=O)NCc1cc(Br)cs1)C(=O)O. The van der Waals surface area contributed by atoms with Crippen LogP contribution in [0.15, 0.2) is 15.9 Å². The molecular formula is C12H15BrN2O5S. The number of hydrogen-bond acceptors (Lipinski definition) is 5. The molecule has 0 unspecified atom stereocenters. The molecule has 3 N–H and O–H groups in total. The average Bonchev–Trinajstić information content (AvgIpc) is 2.86. The second kappa shape index (κ2) is 8.63. The highest BCUT2D eigenvalue weighted by Gasteiger charge is 2.21. The van der Waals surface area contributed by atoms with E-state index in [-0.39, 0.29) is 12.8 Å². The summed E-state index contributed by atoms with van der Waals surface area (Å²) in [6.45, 7) is 0.297. The van der Waals surface area contributed by atoms with Gasteiger partial charge in [0.25, 0.3) is 0 Å². The van der Waals surface area contributed by atoms with E-state index in [1.165, 1.54) is 18.4 Å². The summed E-state index contributed by atoms with van der Waals surface area (Å²) in [5, 5.41) is 15.7. The summed E-state index contributed by atoms with van der Waals surface area (Å²) in [5.74, 6) is -1.72. The van der Waals surface area contributed by atoms with Crippen molar-refractivity contribution in [3.8, 4) is 0 Å². The topological polar surface area (TPSA) is 105 Å². The minimum Gasteiger partial charge on any atom is -0.480 e. The molecule has 116 valence electrons. The molecule has 21 heavy (non-hydrogen) atoms. The third-order valence-corrected chi connectivity index (χ3v) is 4.21. The molecule has 1 atom stereocenters. The molecule has 1 heterocycles. The minimum atomic E-state index is -1.20. The number of ether oxygens (including phenoxy) is 1. The highest BCUT2D eigenvalue weighted by molar-refractivity contribution is 9.10. The number of nitrogens with one attached hydrogen (secondary N) is 2. The van der Waals surface area contributed by atoms with Crippen molar-refractivity contribution in [2.45, 2.75) is 25.4 Å². The first kappa shape index (κ1) is 17.4. The molecule has 0 saturated heterocycles. The quantitative estimate of drug-likeness (QED) is 0.626. The van der Waals surface area contributed by atoms with Gasteiger partial charge in [0.15, 0.2) is 0 Å². The third-order valence-electron chi connectivity index (χ3n) is 2.51. The molecule has 1 rings (SSSR count). The Bertz CT molecular complexity index is 520. The van der Waals surface area contributed by atoms with Gasteiger partial charge < -0.3 is 20.5 Å². The predicted molar refractivity (Wildman–Crippen MR) is 80.1 cm³/mol. The van der Waals surface area contributed by atoms with Crippen LogP contribution in [0.1, 0.15) is 17.7 Å². The van der Waals surface area contributed by atoms with Crippen molar-refractivity contribution < 1.29 is 24.2 Å². The highest BCUT2D eigenvalue weighted by Crippen LogP contribution is 2.19. The number of carboxylic acids is 1. The van der Waals surface area contributed by atoms with E-state index in [9.17, 15) is 14.4 Å².